The molecule has 1 unspecified atom stereocenters. The van der Waals surface area contributed by atoms with Gasteiger partial charge in [0.05, 0.1) is 0 Å². The Kier molecular flexibility index (Phi) is 20.2. The van der Waals surface area contributed by atoms with Crippen LogP contribution in [0.4, 0.5) is 0 Å². The molecule has 1 heteroatoms. The predicted molar refractivity (Wildman–Crippen MR) is 163 cm³/mol. The van der Waals surface area contributed by atoms with Gasteiger partial charge in [0, 0.05) is 10.2 Å². The molecular weight excluding hydrogens is 424 g/mol. The van der Waals surface area contributed by atoms with Crippen molar-refractivity contribution in [1.29, 1.82) is 0 Å². The van der Waals surface area contributed by atoms with Gasteiger partial charge in [-0.1, -0.05) is 89.7 Å². The molecule has 0 N–H and O–H groups in total. The van der Waals surface area contributed by atoms with Crippen molar-refractivity contribution in [2.45, 2.75) is 138 Å². The van der Waals surface area contributed by atoms with Crippen molar-refractivity contribution in [1.82, 2.24) is 0 Å². The van der Waals surface area contributed by atoms with Gasteiger partial charge >= 0.3 is 0 Å². The Balaban J connectivity index is 4.13. The van der Waals surface area contributed by atoms with Crippen molar-refractivity contribution >= 4 is 10.2 Å². The van der Waals surface area contributed by atoms with Crippen LogP contribution >= 0.6 is 0 Å². The first kappa shape index (κ1) is 32.7. The topological polar surface area (TPSA) is 0 Å². The van der Waals surface area contributed by atoms with Crippen molar-refractivity contribution in [2.75, 3.05) is 0 Å². The summed E-state index contributed by atoms with van der Waals surface area (Å²) >= 11 is 0. The summed E-state index contributed by atoms with van der Waals surface area (Å²) in [5.74, 6) is 0. The van der Waals surface area contributed by atoms with E-state index in [1.54, 1.807) is 16.7 Å². The molecule has 0 saturated heterocycles. The minimum Gasteiger partial charge on any atom is -0.0856 e. The van der Waals surface area contributed by atoms with Crippen LogP contribution in [0.15, 0.2) is 69.9 Å². The van der Waals surface area contributed by atoms with Crippen molar-refractivity contribution in [3.63, 3.8) is 0 Å². The Bertz CT molecular complexity index is 720. The molecule has 0 radical (unpaired) electrons. The maximum absolute atomic E-state index is 2.49. The van der Waals surface area contributed by atoms with Crippen LogP contribution in [-0.4, -0.2) is 10.2 Å². The first-order valence-corrected chi connectivity index (χ1v) is 15.2. The van der Waals surface area contributed by atoms with Gasteiger partial charge in [0.15, 0.2) is 0 Å². The molecule has 1 atom stereocenters. The number of hydrogen-bond acceptors (Lipinski definition) is 0. The molecular formula is C33H58Si. The summed E-state index contributed by atoms with van der Waals surface area (Å²) in [6.45, 7) is 18.2. The quantitative estimate of drug-likeness (QED) is 0.103. The Hall–Kier alpha value is -1.34. The van der Waals surface area contributed by atoms with E-state index in [1.165, 1.54) is 104 Å². The van der Waals surface area contributed by atoms with E-state index >= 15 is 0 Å². The second-order valence-electron chi connectivity index (χ2n) is 10.9. The molecule has 0 aliphatic heterocycles. The lowest BCUT2D eigenvalue weighted by molar-refractivity contribution is 0.778. The molecule has 0 aromatic carbocycles. The van der Waals surface area contributed by atoms with Crippen molar-refractivity contribution in [2.24, 2.45) is 0 Å². The monoisotopic (exact) mass is 482 g/mol. The van der Waals surface area contributed by atoms with Crippen LogP contribution in [0.1, 0.15) is 132 Å². The summed E-state index contributed by atoms with van der Waals surface area (Å²) in [6, 6.07) is 0. The van der Waals surface area contributed by atoms with Crippen LogP contribution in [0.25, 0.3) is 0 Å². The zero-order valence-corrected chi connectivity index (χ0v) is 26.5. The fourth-order valence-electron chi connectivity index (χ4n) is 4.14. The molecule has 0 aromatic heterocycles. The van der Waals surface area contributed by atoms with Gasteiger partial charge in [-0.2, -0.15) is 0 Å². The minimum atomic E-state index is 0.879. The molecule has 0 aromatic rings. The molecule has 0 bridgehead atoms. The summed E-state index contributed by atoms with van der Waals surface area (Å²) in [5, 5.41) is 0. The third kappa shape index (κ3) is 20.1. The summed E-state index contributed by atoms with van der Waals surface area (Å²) in [7, 11) is 1.30. The maximum Gasteiger partial charge on any atom is 0.0118 e. The highest BCUT2D eigenvalue weighted by Crippen LogP contribution is 2.21. The zero-order valence-electron chi connectivity index (χ0n) is 24.5. The smallest absolute Gasteiger partial charge is 0.0118 e. The van der Waals surface area contributed by atoms with Crippen LogP contribution in [0, 0.1) is 0 Å². The molecule has 0 rings (SSSR count). The van der Waals surface area contributed by atoms with Gasteiger partial charge in [0.1, 0.15) is 0 Å². The normalized spacial score (nSPS) is 15.1. The molecule has 0 aliphatic rings. The van der Waals surface area contributed by atoms with E-state index < -0.39 is 0 Å². The van der Waals surface area contributed by atoms with Crippen LogP contribution in [0.5, 0.6) is 0 Å². The second kappa shape index (κ2) is 21.0. The highest BCUT2D eigenvalue weighted by molar-refractivity contribution is 6.13. The van der Waals surface area contributed by atoms with Gasteiger partial charge < -0.3 is 0 Å². The number of rotatable bonds is 18. The third-order valence-electron chi connectivity index (χ3n) is 6.81. The molecule has 0 spiro atoms. The van der Waals surface area contributed by atoms with Crippen molar-refractivity contribution in [3.05, 3.63) is 69.9 Å². The maximum atomic E-state index is 2.49. The Morgan fingerprint density at radius 1 is 0.529 bits per heavy atom. The number of hydrogen-bond donors (Lipinski definition) is 0. The summed E-state index contributed by atoms with van der Waals surface area (Å²) in [6.07, 6.45) is 29.2. The lowest BCUT2D eigenvalue weighted by Gasteiger charge is -2.10. The van der Waals surface area contributed by atoms with E-state index in [1.807, 2.05) is 0 Å². The Morgan fingerprint density at radius 2 is 0.882 bits per heavy atom. The van der Waals surface area contributed by atoms with Gasteiger partial charge in [0.25, 0.3) is 0 Å². The average Bonchev–Trinajstić information content (AvgIpc) is 2.76. The van der Waals surface area contributed by atoms with Crippen molar-refractivity contribution < 1.29 is 0 Å². The number of unbranched alkanes of at least 4 members (excludes halogenated alkanes) is 1. The number of allylic oxidation sites excluding steroid dienone is 12. The van der Waals surface area contributed by atoms with Gasteiger partial charge in [-0.25, -0.2) is 0 Å². The summed E-state index contributed by atoms with van der Waals surface area (Å²) in [4.78, 5) is 0. The molecule has 0 nitrogen and oxygen atoms in total. The standard InChI is InChI=1S/C33H58Si/c1-9-16-33(34)32(8)26-15-25-31(7)24-14-22-29(5)19-11-10-18-28(4)21-13-23-30(6)20-12-17-27(2)3/h17-19,23-24,26,33H,9-16,20-22,25H2,1-8,34H3/b28-18+,29-19+,30-23+,31-24+,32-26?. The SMILES string of the molecule is CCCC([SiH3])C(C)=CCC/C(C)=C/CC/C(C)=C/CC/C=C(\C)CC/C=C(\C)CCC=C(C)C. The van der Waals surface area contributed by atoms with Crippen LogP contribution in [0.2, 0.25) is 5.54 Å². The molecule has 0 saturated carbocycles. The summed E-state index contributed by atoms with van der Waals surface area (Å²) in [5.41, 5.74) is 10.1. The van der Waals surface area contributed by atoms with Gasteiger partial charge in [0.2, 0.25) is 0 Å². The van der Waals surface area contributed by atoms with Crippen molar-refractivity contribution in [3.8, 4) is 0 Å². The molecule has 0 aliphatic carbocycles. The Morgan fingerprint density at radius 3 is 1.26 bits per heavy atom. The highest BCUT2D eigenvalue weighted by Gasteiger charge is 2.02. The van der Waals surface area contributed by atoms with Crippen LogP contribution in [-0.2, 0) is 0 Å². The first-order valence-electron chi connectivity index (χ1n) is 14.1. The Labute approximate surface area is 217 Å². The van der Waals surface area contributed by atoms with E-state index in [4.69, 9.17) is 0 Å². The largest absolute Gasteiger partial charge is 0.0856 e. The van der Waals surface area contributed by atoms with E-state index in [0.29, 0.717) is 0 Å². The van der Waals surface area contributed by atoms with E-state index in [0.717, 1.165) is 5.54 Å². The lowest BCUT2D eigenvalue weighted by atomic mass is 10.0. The molecule has 0 heterocycles. The minimum absolute atomic E-state index is 0.879. The second-order valence-corrected chi connectivity index (χ2v) is 12.2. The first-order chi connectivity index (χ1) is 16.1. The van der Waals surface area contributed by atoms with Gasteiger partial charge in [-0.15, -0.1) is 0 Å². The van der Waals surface area contributed by atoms with Crippen LogP contribution < -0.4 is 0 Å². The predicted octanol–water partition coefficient (Wildman–Crippen LogP) is 10.5. The molecule has 194 valence electrons. The van der Waals surface area contributed by atoms with E-state index in [-0.39, 0.29) is 0 Å². The zero-order chi connectivity index (χ0) is 25.8. The fraction of sp³-hybridized carbons (Fsp3) is 0.636. The lowest BCUT2D eigenvalue weighted by Crippen LogP contribution is -1.93. The average molecular weight is 483 g/mol. The molecule has 0 fully saturated rings. The van der Waals surface area contributed by atoms with E-state index in [9.17, 15) is 0 Å². The highest BCUT2D eigenvalue weighted by atomic mass is 28.1. The summed E-state index contributed by atoms with van der Waals surface area (Å²) < 4.78 is 0. The van der Waals surface area contributed by atoms with E-state index in [2.05, 4.69) is 91.8 Å². The molecule has 34 heavy (non-hydrogen) atoms. The van der Waals surface area contributed by atoms with Gasteiger partial charge in [-0.3, -0.25) is 0 Å². The molecule has 0 amide bonds. The third-order valence-corrected chi connectivity index (χ3v) is 8.30. The van der Waals surface area contributed by atoms with Crippen LogP contribution in [0.3, 0.4) is 0 Å². The van der Waals surface area contributed by atoms with Gasteiger partial charge in [-0.05, 0) is 118 Å². The fourth-order valence-corrected chi connectivity index (χ4v) is 4.95.